The summed E-state index contributed by atoms with van der Waals surface area (Å²) < 4.78 is 16.4. The van der Waals surface area contributed by atoms with E-state index in [0.717, 1.165) is 56.4 Å². The average Bonchev–Trinajstić information content (AvgIpc) is 3.23. The van der Waals surface area contributed by atoms with Crippen LogP contribution in [0.2, 0.25) is 0 Å². The monoisotopic (exact) mass is 305 g/mol. The molecule has 0 aromatic heterocycles. The van der Waals surface area contributed by atoms with Crippen LogP contribution in [0.25, 0.3) is 0 Å². The fraction of sp³-hybridized carbons (Fsp3) is 0.667. The van der Waals surface area contributed by atoms with Crippen LogP contribution in [0.4, 0.5) is 0 Å². The zero-order chi connectivity index (χ0) is 15.2. The van der Waals surface area contributed by atoms with Crippen molar-refractivity contribution in [2.75, 3.05) is 26.6 Å². The second-order valence-electron chi connectivity index (χ2n) is 6.45. The van der Waals surface area contributed by atoms with E-state index < -0.39 is 0 Å². The summed E-state index contributed by atoms with van der Waals surface area (Å²) >= 11 is 0. The third-order valence-corrected chi connectivity index (χ3v) is 4.31. The summed E-state index contributed by atoms with van der Waals surface area (Å²) in [6, 6.07) is 6.76. The summed E-state index contributed by atoms with van der Waals surface area (Å²) in [6.07, 6.45) is 6.02. The standard InChI is InChI=1S/C18H27NO3/c1-14(19-9-2-10-20-12-16-5-6-16)3-4-15-7-8-17-18(11-15)22-13-21-17/h7-8,11,14,16,19H,2-6,9-10,12-13H2,1H3. The normalized spacial score (nSPS) is 17.7. The van der Waals surface area contributed by atoms with Crippen molar-refractivity contribution in [3.8, 4) is 11.5 Å². The molecular weight excluding hydrogens is 278 g/mol. The molecule has 0 bridgehead atoms. The molecule has 3 rings (SSSR count). The molecule has 1 aliphatic carbocycles. The minimum Gasteiger partial charge on any atom is -0.454 e. The molecule has 1 N–H and O–H groups in total. The molecule has 1 unspecified atom stereocenters. The number of aryl methyl sites for hydroxylation is 1. The third-order valence-electron chi connectivity index (χ3n) is 4.31. The number of rotatable bonds is 10. The molecule has 1 fully saturated rings. The van der Waals surface area contributed by atoms with Crippen molar-refractivity contribution in [3.63, 3.8) is 0 Å². The Hall–Kier alpha value is -1.26. The molecule has 4 heteroatoms. The highest BCUT2D eigenvalue weighted by atomic mass is 16.7. The molecule has 22 heavy (non-hydrogen) atoms. The van der Waals surface area contributed by atoms with Crippen molar-refractivity contribution in [1.82, 2.24) is 5.32 Å². The minimum atomic E-state index is 0.347. The summed E-state index contributed by atoms with van der Waals surface area (Å²) in [5, 5.41) is 3.57. The molecule has 1 aliphatic heterocycles. The Labute approximate surface area is 133 Å². The van der Waals surface area contributed by atoms with E-state index in [4.69, 9.17) is 14.2 Å². The van der Waals surface area contributed by atoms with Gasteiger partial charge in [0, 0.05) is 19.3 Å². The number of benzene rings is 1. The smallest absolute Gasteiger partial charge is 0.231 e. The molecule has 4 nitrogen and oxygen atoms in total. The molecular formula is C18H27NO3. The first-order valence-electron chi connectivity index (χ1n) is 8.51. The molecule has 0 spiro atoms. The molecule has 2 aliphatic rings. The predicted molar refractivity (Wildman–Crippen MR) is 86.5 cm³/mol. The number of ether oxygens (including phenoxy) is 3. The van der Waals surface area contributed by atoms with Crippen LogP contribution >= 0.6 is 0 Å². The summed E-state index contributed by atoms with van der Waals surface area (Å²) in [4.78, 5) is 0. The van der Waals surface area contributed by atoms with Crippen LogP contribution in [0.3, 0.4) is 0 Å². The molecule has 0 amide bonds. The zero-order valence-corrected chi connectivity index (χ0v) is 13.5. The van der Waals surface area contributed by atoms with Gasteiger partial charge in [0.2, 0.25) is 6.79 Å². The molecule has 122 valence electrons. The van der Waals surface area contributed by atoms with E-state index in [9.17, 15) is 0 Å². The minimum absolute atomic E-state index is 0.347. The maximum Gasteiger partial charge on any atom is 0.231 e. The van der Waals surface area contributed by atoms with Crippen LogP contribution in [-0.2, 0) is 11.2 Å². The van der Waals surface area contributed by atoms with Gasteiger partial charge < -0.3 is 19.5 Å². The Morgan fingerprint density at radius 2 is 2.14 bits per heavy atom. The lowest BCUT2D eigenvalue weighted by Crippen LogP contribution is -2.28. The Morgan fingerprint density at radius 1 is 1.27 bits per heavy atom. The summed E-state index contributed by atoms with van der Waals surface area (Å²) in [7, 11) is 0. The van der Waals surface area contributed by atoms with Gasteiger partial charge in [-0.3, -0.25) is 0 Å². The average molecular weight is 305 g/mol. The van der Waals surface area contributed by atoms with Gasteiger partial charge in [-0.1, -0.05) is 6.07 Å². The molecule has 1 aromatic carbocycles. The second kappa shape index (κ2) is 7.84. The summed E-state index contributed by atoms with van der Waals surface area (Å²) in [5.74, 6) is 2.61. The van der Waals surface area contributed by atoms with Gasteiger partial charge in [-0.25, -0.2) is 0 Å². The van der Waals surface area contributed by atoms with E-state index in [1.807, 2.05) is 6.07 Å². The third kappa shape index (κ3) is 4.89. The molecule has 1 saturated carbocycles. The molecule has 1 atom stereocenters. The highest BCUT2D eigenvalue weighted by molar-refractivity contribution is 5.44. The van der Waals surface area contributed by atoms with Gasteiger partial charge in [-0.15, -0.1) is 0 Å². The first-order chi connectivity index (χ1) is 10.8. The predicted octanol–water partition coefficient (Wildman–Crippen LogP) is 3.14. The lowest BCUT2D eigenvalue weighted by molar-refractivity contribution is 0.121. The fourth-order valence-electron chi connectivity index (χ4n) is 2.64. The molecule has 1 heterocycles. The van der Waals surface area contributed by atoms with Gasteiger partial charge in [0.25, 0.3) is 0 Å². The molecule has 0 saturated heterocycles. The molecule has 0 radical (unpaired) electrons. The number of nitrogens with one attached hydrogen (secondary N) is 1. The summed E-state index contributed by atoms with van der Waals surface area (Å²) in [5.41, 5.74) is 1.31. The van der Waals surface area contributed by atoms with Crippen molar-refractivity contribution in [1.29, 1.82) is 0 Å². The number of fused-ring (bicyclic) bond motifs is 1. The van der Waals surface area contributed by atoms with Gasteiger partial charge in [0.15, 0.2) is 11.5 Å². The van der Waals surface area contributed by atoms with E-state index in [0.29, 0.717) is 12.8 Å². The highest BCUT2D eigenvalue weighted by Gasteiger charge is 2.20. The number of hydrogen-bond donors (Lipinski definition) is 1. The van der Waals surface area contributed by atoms with Gasteiger partial charge in [0.1, 0.15) is 0 Å². The lowest BCUT2D eigenvalue weighted by atomic mass is 10.1. The van der Waals surface area contributed by atoms with Crippen LogP contribution in [-0.4, -0.2) is 32.6 Å². The first kappa shape index (κ1) is 15.6. The Balaban J connectivity index is 1.26. The van der Waals surface area contributed by atoms with Crippen LogP contribution in [0.1, 0.15) is 38.2 Å². The van der Waals surface area contributed by atoms with E-state index >= 15 is 0 Å². The van der Waals surface area contributed by atoms with Crippen molar-refractivity contribution < 1.29 is 14.2 Å². The Kier molecular flexibility index (Phi) is 5.57. The van der Waals surface area contributed by atoms with E-state index in [2.05, 4.69) is 24.4 Å². The van der Waals surface area contributed by atoms with Crippen molar-refractivity contribution >= 4 is 0 Å². The van der Waals surface area contributed by atoms with Crippen LogP contribution in [0, 0.1) is 5.92 Å². The maximum absolute atomic E-state index is 5.65. The number of hydrogen-bond acceptors (Lipinski definition) is 4. The van der Waals surface area contributed by atoms with Crippen molar-refractivity contribution in [2.24, 2.45) is 5.92 Å². The first-order valence-corrected chi connectivity index (χ1v) is 8.51. The Morgan fingerprint density at radius 3 is 3.00 bits per heavy atom. The van der Waals surface area contributed by atoms with Gasteiger partial charge in [-0.2, -0.15) is 0 Å². The molecule has 1 aromatic rings. The quantitative estimate of drug-likeness (QED) is 0.674. The van der Waals surface area contributed by atoms with Crippen LogP contribution in [0.15, 0.2) is 18.2 Å². The summed E-state index contributed by atoms with van der Waals surface area (Å²) in [6.45, 7) is 5.49. The second-order valence-corrected chi connectivity index (χ2v) is 6.45. The lowest BCUT2D eigenvalue weighted by Gasteiger charge is -2.14. The van der Waals surface area contributed by atoms with Gasteiger partial charge >= 0.3 is 0 Å². The van der Waals surface area contributed by atoms with Crippen LogP contribution in [0.5, 0.6) is 11.5 Å². The topological polar surface area (TPSA) is 39.7 Å². The SMILES string of the molecule is CC(CCc1ccc2c(c1)OCO2)NCCCOCC1CC1. The van der Waals surface area contributed by atoms with Crippen LogP contribution < -0.4 is 14.8 Å². The highest BCUT2D eigenvalue weighted by Crippen LogP contribution is 2.32. The van der Waals surface area contributed by atoms with Crippen molar-refractivity contribution in [3.05, 3.63) is 23.8 Å². The zero-order valence-electron chi connectivity index (χ0n) is 13.5. The van der Waals surface area contributed by atoms with Gasteiger partial charge in [-0.05, 0) is 69.2 Å². The fourth-order valence-corrected chi connectivity index (χ4v) is 2.64. The van der Waals surface area contributed by atoms with Crippen molar-refractivity contribution in [2.45, 2.75) is 45.1 Å². The Bertz CT molecular complexity index is 473. The maximum atomic E-state index is 5.65. The van der Waals surface area contributed by atoms with E-state index in [1.54, 1.807) is 0 Å². The van der Waals surface area contributed by atoms with E-state index in [-0.39, 0.29) is 0 Å². The van der Waals surface area contributed by atoms with Gasteiger partial charge in [0.05, 0.1) is 0 Å². The van der Waals surface area contributed by atoms with E-state index in [1.165, 1.54) is 18.4 Å². The largest absolute Gasteiger partial charge is 0.454 e.